The fourth-order valence-electron chi connectivity index (χ4n) is 2.47. The van der Waals surface area contributed by atoms with E-state index in [1.807, 2.05) is 20.8 Å². The summed E-state index contributed by atoms with van der Waals surface area (Å²) in [5, 5.41) is 12.1. The van der Waals surface area contributed by atoms with Crippen molar-refractivity contribution in [1.82, 2.24) is 5.32 Å². The Morgan fingerprint density at radius 2 is 1.90 bits per heavy atom. The molecule has 0 aromatic heterocycles. The molecule has 0 aliphatic carbocycles. The molecule has 0 spiro atoms. The van der Waals surface area contributed by atoms with Gasteiger partial charge in [0.2, 0.25) is 5.91 Å². The number of carboxylic acids is 1. The number of ether oxygens (including phenoxy) is 1. The Morgan fingerprint density at radius 3 is 2.30 bits per heavy atom. The maximum Gasteiger partial charge on any atom is 0.329 e. The van der Waals surface area contributed by atoms with E-state index in [1.165, 1.54) is 0 Å². The third kappa shape index (κ3) is 4.45. The quantitative estimate of drug-likeness (QED) is 0.692. The van der Waals surface area contributed by atoms with Crippen LogP contribution in [0.2, 0.25) is 0 Å². The summed E-state index contributed by atoms with van der Waals surface area (Å²) >= 11 is 0. The third-order valence-electron chi connectivity index (χ3n) is 3.63. The molecule has 1 atom stereocenters. The molecule has 1 heterocycles. The number of nitrogens with two attached hydrogens (primary N) is 1. The van der Waals surface area contributed by atoms with Crippen LogP contribution in [0.15, 0.2) is 0 Å². The molecule has 0 aromatic carbocycles. The molecule has 1 aliphatic heterocycles. The molecule has 1 unspecified atom stereocenters. The minimum Gasteiger partial charge on any atom is -0.480 e. The summed E-state index contributed by atoms with van der Waals surface area (Å²) in [4.78, 5) is 23.8. The highest BCUT2D eigenvalue weighted by molar-refractivity contribution is 5.88. The molecule has 0 saturated carbocycles. The SMILES string of the molecule is CC(C)(C)CC(CN)C(=O)NC1(C(=O)O)CCOCC1. The van der Waals surface area contributed by atoms with E-state index in [4.69, 9.17) is 10.5 Å². The lowest BCUT2D eigenvalue weighted by Gasteiger charge is -2.35. The number of hydrogen-bond donors (Lipinski definition) is 3. The first-order valence-corrected chi connectivity index (χ1v) is 7.03. The molecule has 0 radical (unpaired) electrons. The van der Waals surface area contributed by atoms with Gasteiger partial charge in [0.1, 0.15) is 5.54 Å². The fourth-order valence-corrected chi connectivity index (χ4v) is 2.47. The maximum absolute atomic E-state index is 12.3. The van der Waals surface area contributed by atoms with Gasteiger partial charge in [-0.2, -0.15) is 0 Å². The van der Waals surface area contributed by atoms with Crippen LogP contribution in [-0.2, 0) is 14.3 Å². The molecule has 0 aromatic rings. The van der Waals surface area contributed by atoms with Gasteiger partial charge in [0.05, 0.1) is 5.92 Å². The van der Waals surface area contributed by atoms with E-state index in [0.717, 1.165) is 0 Å². The second-order valence-corrected chi connectivity index (χ2v) is 6.69. The Labute approximate surface area is 120 Å². The number of rotatable bonds is 5. The van der Waals surface area contributed by atoms with Crippen molar-refractivity contribution in [2.45, 2.75) is 45.6 Å². The highest BCUT2D eigenvalue weighted by Gasteiger charge is 2.42. The van der Waals surface area contributed by atoms with Gasteiger partial charge in [-0.3, -0.25) is 4.79 Å². The molecule has 1 fully saturated rings. The minimum absolute atomic E-state index is 0.0343. The average Bonchev–Trinajstić information content (AvgIpc) is 2.35. The molecule has 6 heteroatoms. The predicted molar refractivity (Wildman–Crippen MR) is 75.2 cm³/mol. The van der Waals surface area contributed by atoms with Crippen molar-refractivity contribution in [1.29, 1.82) is 0 Å². The van der Waals surface area contributed by atoms with Gasteiger partial charge in [0, 0.05) is 32.6 Å². The minimum atomic E-state index is -1.21. The molecule has 4 N–H and O–H groups in total. The Balaban J connectivity index is 2.77. The van der Waals surface area contributed by atoms with Crippen LogP contribution >= 0.6 is 0 Å². The number of nitrogens with one attached hydrogen (secondary N) is 1. The molecule has 1 aliphatic rings. The van der Waals surface area contributed by atoms with Crippen molar-refractivity contribution in [3.8, 4) is 0 Å². The molecule has 1 rings (SSSR count). The summed E-state index contributed by atoms with van der Waals surface area (Å²) in [7, 11) is 0. The number of carbonyl (C=O) groups is 2. The summed E-state index contributed by atoms with van der Waals surface area (Å²) in [5.74, 6) is -1.64. The van der Waals surface area contributed by atoms with Gasteiger partial charge < -0.3 is 20.9 Å². The van der Waals surface area contributed by atoms with Gasteiger partial charge in [-0.05, 0) is 11.8 Å². The van der Waals surface area contributed by atoms with Crippen LogP contribution in [0.4, 0.5) is 0 Å². The largest absolute Gasteiger partial charge is 0.480 e. The van der Waals surface area contributed by atoms with E-state index >= 15 is 0 Å². The summed E-state index contributed by atoms with van der Waals surface area (Å²) in [6, 6.07) is 0. The zero-order valence-corrected chi connectivity index (χ0v) is 12.6. The van der Waals surface area contributed by atoms with Crippen LogP contribution in [0.3, 0.4) is 0 Å². The van der Waals surface area contributed by atoms with E-state index < -0.39 is 11.5 Å². The molecular weight excluding hydrogens is 260 g/mol. The normalized spacial score (nSPS) is 20.2. The number of aliphatic carboxylic acids is 1. The van der Waals surface area contributed by atoms with E-state index in [2.05, 4.69) is 5.32 Å². The first-order valence-electron chi connectivity index (χ1n) is 7.03. The van der Waals surface area contributed by atoms with Gasteiger partial charge in [0.15, 0.2) is 0 Å². The van der Waals surface area contributed by atoms with Crippen LogP contribution in [0.5, 0.6) is 0 Å². The molecule has 0 bridgehead atoms. The summed E-state index contributed by atoms with van der Waals surface area (Å²) in [6.07, 6.45) is 1.21. The molecule has 6 nitrogen and oxygen atoms in total. The Kier molecular flexibility index (Phi) is 5.53. The van der Waals surface area contributed by atoms with Crippen LogP contribution < -0.4 is 11.1 Å². The molecule has 1 amide bonds. The van der Waals surface area contributed by atoms with E-state index in [9.17, 15) is 14.7 Å². The highest BCUT2D eigenvalue weighted by atomic mass is 16.5. The fraction of sp³-hybridized carbons (Fsp3) is 0.857. The standard InChI is InChI=1S/C14H26N2O4/c1-13(2,3)8-10(9-15)11(17)16-14(12(18)19)4-6-20-7-5-14/h10H,4-9,15H2,1-3H3,(H,16,17)(H,18,19). The Morgan fingerprint density at radius 1 is 1.35 bits per heavy atom. The maximum atomic E-state index is 12.3. The zero-order valence-electron chi connectivity index (χ0n) is 12.6. The number of carbonyl (C=O) groups excluding carboxylic acids is 1. The molecule has 20 heavy (non-hydrogen) atoms. The van der Waals surface area contributed by atoms with E-state index in [1.54, 1.807) is 0 Å². The summed E-state index contributed by atoms with van der Waals surface area (Å²) < 4.78 is 5.18. The highest BCUT2D eigenvalue weighted by Crippen LogP contribution is 2.26. The Bertz CT molecular complexity index is 357. The summed E-state index contributed by atoms with van der Waals surface area (Å²) in [6.45, 7) is 7.01. The smallest absolute Gasteiger partial charge is 0.329 e. The molecular formula is C14H26N2O4. The summed E-state index contributed by atoms with van der Waals surface area (Å²) in [5.41, 5.74) is 4.43. The molecule has 1 saturated heterocycles. The van der Waals surface area contributed by atoms with Crippen molar-refractivity contribution in [2.24, 2.45) is 17.1 Å². The number of hydrogen-bond acceptors (Lipinski definition) is 4. The topological polar surface area (TPSA) is 102 Å². The second kappa shape index (κ2) is 6.54. The first-order chi connectivity index (χ1) is 9.20. The van der Waals surface area contributed by atoms with Crippen LogP contribution in [-0.4, -0.2) is 42.3 Å². The van der Waals surface area contributed by atoms with Gasteiger partial charge in [-0.15, -0.1) is 0 Å². The van der Waals surface area contributed by atoms with E-state index in [-0.39, 0.29) is 23.8 Å². The predicted octanol–water partition coefficient (Wildman–Crippen LogP) is 0.748. The lowest BCUT2D eigenvalue weighted by atomic mass is 9.83. The second-order valence-electron chi connectivity index (χ2n) is 6.69. The average molecular weight is 286 g/mol. The third-order valence-corrected chi connectivity index (χ3v) is 3.63. The van der Waals surface area contributed by atoms with Crippen molar-refractivity contribution < 1.29 is 19.4 Å². The first kappa shape index (κ1) is 16.9. The lowest BCUT2D eigenvalue weighted by molar-refractivity contribution is -0.152. The monoisotopic (exact) mass is 286 g/mol. The van der Waals surface area contributed by atoms with Crippen molar-refractivity contribution in [3.05, 3.63) is 0 Å². The van der Waals surface area contributed by atoms with Crippen LogP contribution in [0.1, 0.15) is 40.0 Å². The van der Waals surface area contributed by atoms with Gasteiger partial charge in [0.25, 0.3) is 0 Å². The van der Waals surface area contributed by atoms with Crippen LogP contribution in [0.25, 0.3) is 0 Å². The number of carboxylic acid groups (broad SMARTS) is 1. The van der Waals surface area contributed by atoms with Gasteiger partial charge in [-0.25, -0.2) is 4.79 Å². The lowest BCUT2D eigenvalue weighted by Crippen LogP contribution is -2.59. The van der Waals surface area contributed by atoms with Crippen molar-refractivity contribution >= 4 is 11.9 Å². The van der Waals surface area contributed by atoms with Crippen LogP contribution in [0, 0.1) is 11.3 Å². The zero-order chi connectivity index (χ0) is 15.4. The van der Waals surface area contributed by atoms with Crippen molar-refractivity contribution in [2.75, 3.05) is 19.8 Å². The number of amides is 1. The van der Waals surface area contributed by atoms with E-state index in [0.29, 0.717) is 32.5 Å². The van der Waals surface area contributed by atoms with Gasteiger partial charge in [-0.1, -0.05) is 20.8 Å². The molecule has 116 valence electrons. The Hall–Kier alpha value is -1.14. The van der Waals surface area contributed by atoms with Crippen molar-refractivity contribution in [3.63, 3.8) is 0 Å². The van der Waals surface area contributed by atoms with Gasteiger partial charge >= 0.3 is 5.97 Å².